The average Bonchev–Trinajstić information content (AvgIpc) is 2.73. The van der Waals surface area contributed by atoms with Crippen LogP contribution < -0.4 is 5.32 Å². The Morgan fingerprint density at radius 1 is 1.20 bits per heavy atom. The molecule has 1 aliphatic rings. The van der Waals surface area contributed by atoms with Gasteiger partial charge in [-0.3, -0.25) is 14.9 Å². The zero-order valence-corrected chi connectivity index (χ0v) is 16.1. The summed E-state index contributed by atoms with van der Waals surface area (Å²) >= 11 is 0. The van der Waals surface area contributed by atoms with Gasteiger partial charge in [-0.05, 0) is 36.8 Å². The molecule has 30 heavy (non-hydrogen) atoms. The van der Waals surface area contributed by atoms with E-state index in [0.29, 0.717) is 31.9 Å². The highest BCUT2D eigenvalue weighted by Gasteiger charge is 2.31. The van der Waals surface area contributed by atoms with Crippen molar-refractivity contribution >= 4 is 17.3 Å². The highest BCUT2D eigenvalue weighted by atomic mass is 19.4. The number of carbonyl (C=O) groups is 1. The minimum atomic E-state index is -4.48. The van der Waals surface area contributed by atoms with Crippen LogP contribution in [0.3, 0.4) is 0 Å². The third kappa shape index (κ3) is 4.88. The van der Waals surface area contributed by atoms with Gasteiger partial charge in [0.1, 0.15) is 5.69 Å². The molecule has 1 aliphatic heterocycles. The Kier molecular flexibility index (Phi) is 6.25. The van der Waals surface area contributed by atoms with E-state index in [1.165, 1.54) is 30.3 Å². The number of alkyl halides is 3. The molecular weight excluding hydrogens is 403 g/mol. The first-order valence-corrected chi connectivity index (χ1v) is 9.26. The Morgan fingerprint density at radius 3 is 2.53 bits per heavy atom. The van der Waals surface area contributed by atoms with E-state index in [-0.39, 0.29) is 22.8 Å². The van der Waals surface area contributed by atoms with E-state index >= 15 is 0 Å². The summed E-state index contributed by atoms with van der Waals surface area (Å²) in [5.41, 5.74) is -0.514. The topological polar surface area (TPSA) is 84.7 Å². The summed E-state index contributed by atoms with van der Waals surface area (Å²) in [6.07, 6.45) is -4.48. The molecule has 0 radical (unpaired) electrons. The number of nitrogens with zero attached hydrogens (tertiary/aromatic N) is 2. The lowest BCUT2D eigenvalue weighted by Gasteiger charge is -2.27. The highest BCUT2D eigenvalue weighted by molar-refractivity contribution is 5.95. The Balaban J connectivity index is 1.83. The summed E-state index contributed by atoms with van der Waals surface area (Å²) in [5.74, 6) is -0.334. The van der Waals surface area contributed by atoms with Crippen LogP contribution in [-0.2, 0) is 10.9 Å². The Bertz CT molecular complexity index is 943. The number of amides is 1. The lowest BCUT2D eigenvalue weighted by atomic mass is 10.0. The zero-order chi connectivity index (χ0) is 21.9. The molecule has 1 heterocycles. The van der Waals surface area contributed by atoms with E-state index in [2.05, 4.69) is 5.32 Å². The van der Waals surface area contributed by atoms with Crippen molar-refractivity contribution in [2.75, 3.05) is 31.6 Å². The molecule has 1 saturated heterocycles. The normalized spacial score (nSPS) is 15.5. The number of hydrogen-bond acceptors (Lipinski definition) is 5. The fraction of sp³-hybridized carbons (Fsp3) is 0.350. The van der Waals surface area contributed by atoms with Crippen molar-refractivity contribution in [1.29, 1.82) is 0 Å². The summed E-state index contributed by atoms with van der Waals surface area (Å²) in [7, 11) is 0. The van der Waals surface area contributed by atoms with Crippen molar-refractivity contribution in [2.45, 2.75) is 19.1 Å². The number of anilines is 1. The maximum atomic E-state index is 12.9. The van der Waals surface area contributed by atoms with Gasteiger partial charge in [0.25, 0.3) is 11.6 Å². The van der Waals surface area contributed by atoms with E-state index < -0.39 is 22.7 Å². The first-order chi connectivity index (χ1) is 14.2. The molecule has 0 spiro atoms. The molecule has 3 rings (SSSR count). The number of rotatable bonds is 5. The molecule has 0 bridgehead atoms. The molecule has 2 aromatic rings. The fourth-order valence-electron chi connectivity index (χ4n) is 3.19. The molecule has 1 fully saturated rings. The van der Waals surface area contributed by atoms with Gasteiger partial charge in [0.05, 0.1) is 23.7 Å². The summed E-state index contributed by atoms with van der Waals surface area (Å²) in [6, 6.07) is 8.17. The van der Waals surface area contributed by atoms with Crippen LogP contribution in [0, 0.1) is 10.1 Å². The zero-order valence-electron chi connectivity index (χ0n) is 16.1. The number of nitro benzene ring substituents is 1. The van der Waals surface area contributed by atoms with Crippen LogP contribution in [0.25, 0.3) is 0 Å². The van der Waals surface area contributed by atoms with Crippen LogP contribution >= 0.6 is 0 Å². The van der Waals surface area contributed by atoms with Crippen molar-refractivity contribution in [3.05, 3.63) is 69.3 Å². The van der Waals surface area contributed by atoms with Crippen LogP contribution in [0.2, 0.25) is 0 Å². The van der Waals surface area contributed by atoms with E-state index in [1.54, 1.807) is 11.8 Å². The quantitative estimate of drug-likeness (QED) is 0.574. The molecule has 1 atom stereocenters. The number of morpholine rings is 1. The summed E-state index contributed by atoms with van der Waals surface area (Å²) in [4.78, 5) is 25.1. The molecule has 1 amide bonds. The molecule has 10 heteroatoms. The molecule has 0 aromatic heterocycles. The van der Waals surface area contributed by atoms with Crippen molar-refractivity contribution in [3.63, 3.8) is 0 Å². The molecule has 160 valence electrons. The second-order valence-corrected chi connectivity index (χ2v) is 6.88. The predicted octanol–water partition coefficient (Wildman–Crippen LogP) is 4.26. The predicted molar refractivity (Wildman–Crippen MR) is 103 cm³/mol. The number of carbonyl (C=O) groups excluding carboxylic acids is 1. The summed E-state index contributed by atoms with van der Waals surface area (Å²) in [5, 5.41) is 14.4. The Hall–Kier alpha value is -3.14. The fourth-order valence-corrected chi connectivity index (χ4v) is 3.19. The minimum absolute atomic E-state index is 0.114. The lowest BCUT2D eigenvalue weighted by molar-refractivity contribution is -0.384. The van der Waals surface area contributed by atoms with Crippen molar-refractivity contribution in [1.82, 2.24) is 4.90 Å². The standard InChI is InChI=1S/C20H20F3N3O4/c1-13(14-3-2-4-16(11-14)20(21,22)23)24-17-6-5-15(12-18(17)26(28)29)19(27)25-7-9-30-10-8-25/h2-6,11-13,24H,7-10H2,1H3. The molecule has 1 unspecified atom stereocenters. The van der Waals surface area contributed by atoms with Gasteiger partial charge >= 0.3 is 6.18 Å². The van der Waals surface area contributed by atoms with Gasteiger partial charge in [0, 0.05) is 30.8 Å². The third-order valence-corrected chi connectivity index (χ3v) is 4.83. The van der Waals surface area contributed by atoms with E-state index in [4.69, 9.17) is 4.74 Å². The molecule has 1 N–H and O–H groups in total. The number of nitrogens with one attached hydrogen (secondary N) is 1. The van der Waals surface area contributed by atoms with Crippen LogP contribution in [0.1, 0.15) is 34.5 Å². The molecule has 0 aliphatic carbocycles. The van der Waals surface area contributed by atoms with Gasteiger partial charge in [-0.15, -0.1) is 0 Å². The second kappa shape index (κ2) is 8.70. The number of ether oxygens (including phenoxy) is 1. The monoisotopic (exact) mass is 423 g/mol. The van der Waals surface area contributed by atoms with Crippen molar-refractivity contribution in [3.8, 4) is 0 Å². The van der Waals surface area contributed by atoms with Gasteiger partial charge in [0.2, 0.25) is 0 Å². The molecule has 7 nitrogen and oxygen atoms in total. The number of nitro groups is 1. The van der Waals surface area contributed by atoms with Gasteiger partial charge < -0.3 is 15.0 Å². The highest BCUT2D eigenvalue weighted by Crippen LogP contribution is 2.33. The van der Waals surface area contributed by atoms with Crippen molar-refractivity contribution < 1.29 is 27.6 Å². The third-order valence-electron chi connectivity index (χ3n) is 4.83. The summed E-state index contributed by atoms with van der Waals surface area (Å²) in [6.45, 7) is 3.22. The Morgan fingerprint density at radius 2 is 1.90 bits per heavy atom. The average molecular weight is 423 g/mol. The second-order valence-electron chi connectivity index (χ2n) is 6.88. The van der Waals surface area contributed by atoms with Crippen LogP contribution in [0.15, 0.2) is 42.5 Å². The largest absolute Gasteiger partial charge is 0.416 e. The van der Waals surface area contributed by atoms with Gasteiger partial charge in [-0.2, -0.15) is 13.2 Å². The minimum Gasteiger partial charge on any atom is -0.378 e. The Labute approximate surface area is 170 Å². The van der Waals surface area contributed by atoms with Crippen LogP contribution in [0.4, 0.5) is 24.5 Å². The van der Waals surface area contributed by atoms with Crippen LogP contribution in [0.5, 0.6) is 0 Å². The maximum absolute atomic E-state index is 12.9. The van der Waals surface area contributed by atoms with Gasteiger partial charge in [-0.1, -0.05) is 12.1 Å². The number of halogens is 3. The smallest absolute Gasteiger partial charge is 0.378 e. The van der Waals surface area contributed by atoms with Gasteiger partial charge in [-0.25, -0.2) is 0 Å². The van der Waals surface area contributed by atoms with Gasteiger partial charge in [0.15, 0.2) is 0 Å². The first-order valence-electron chi connectivity index (χ1n) is 9.26. The van der Waals surface area contributed by atoms with E-state index in [0.717, 1.165) is 12.1 Å². The molecule has 2 aromatic carbocycles. The number of benzene rings is 2. The lowest BCUT2D eigenvalue weighted by Crippen LogP contribution is -2.40. The van der Waals surface area contributed by atoms with E-state index in [1.807, 2.05) is 0 Å². The SMILES string of the molecule is CC(Nc1ccc(C(=O)N2CCOCC2)cc1[N+](=O)[O-])c1cccc(C(F)(F)F)c1. The number of hydrogen-bond donors (Lipinski definition) is 1. The summed E-state index contributed by atoms with van der Waals surface area (Å²) < 4.78 is 44.0. The first kappa shape index (κ1) is 21.6. The van der Waals surface area contributed by atoms with E-state index in [9.17, 15) is 28.1 Å². The maximum Gasteiger partial charge on any atom is 0.416 e. The van der Waals surface area contributed by atoms with Crippen LogP contribution in [-0.4, -0.2) is 42.0 Å². The van der Waals surface area contributed by atoms with Crippen molar-refractivity contribution in [2.24, 2.45) is 0 Å². The molecular formula is C20H20F3N3O4. The molecule has 0 saturated carbocycles.